The monoisotopic (exact) mass is 474 g/mol. The Hall–Kier alpha value is -3.65. The van der Waals surface area contributed by atoms with Crippen molar-refractivity contribution in [2.75, 3.05) is 11.8 Å². The van der Waals surface area contributed by atoms with Gasteiger partial charge in [0.15, 0.2) is 0 Å². The van der Waals surface area contributed by atoms with Gasteiger partial charge in [-0.1, -0.05) is 24.3 Å². The number of ether oxygens (including phenoxy) is 1. The molecule has 5 rings (SSSR count). The molecule has 0 radical (unpaired) electrons. The summed E-state index contributed by atoms with van der Waals surface area (Å²) in [7, 11) is -2.28. The molecule has 0 amide bonds. The van der Waals surface area contributed by atoms with Gasteiger partial charge < -0.3 is 9.30 Å². The Morgan fingerprint density at radius 1 is 1.03 bits per heavy atom. The zero-order chi connectivity index (χ0) is 23.7. The van der Waals surface area contributed by atoms with Crippen molar-refractivity contribution in [1.29, 1.82) is 0 Å². The lowest BCUT2D eigenvalue weighted by atomic mass is 9.88. The van der Waals surface area contributed by atoms with Crippen molar-refractivity contribution in [3.63, 3.8) is 0 Å². The highest BCUT2D eigenvalue weighted by Gasteiger charge is 2.28. The highest BCUT2D eigenvalue weighted by Crippen LogP contribution is 2.38. The zero-order valence-corrected chi connectivity index (χ0v) is 20.0. The number of aryl methyl sites for hydroxylation is 2. The second-order valence-electron chi connectivity index (χ2n) is 8.35. The number of hydrogen-bond donors (Lipinski definition) is 1. The fourth-order valence-electron chi connectivity index (χ4n) is 4.46. The Bertz CT molecular complexity index is 1450. The number of rotatable bonds is 6. The maximum atomic E-state index is 13.6. The quantitative estimate of drug-likeness (QED) is 0.546. The van der Waals surface area contributed by atoms with Crippen LogP contribution < -0.4 is 9.46 Å². The van der Waals surface area contributed by atoms with E-state index in [2.05, 4.69) is 26.8 Å². The SMILES string of the molecule is COc1cc(NS(=O)(=O)C2=CCCC=C2C2=CCCc3cccnc32)ccc1-n1cnc(C)c1. The molecule has 2 aliphatic rings. The number of allylic oxidation sites excluding steroid dienone is 5. The molecule has 2 aliphatic carbocycles. The van der Waals surface area contributed by atoms with Gasteiger partial charge in [-0.15, -0.1) is 0 Å². The van der Waals surface area contributed by atoms with E-state index in [0.717, 1.165) is 53.0 Å². The van der Waals surface area contributed by atoms with Gasteiger partial charge in [-0.05, 0) is 61.9 Å². The van der Waals surface area contributed by atoms with Crippen LogP contribution in [0.2, 0.25) is 0 Å². The molecule has 8 heteroatoms. The number of nitrogens with one attached hydrogen (secondary N) is 1. The fraction of sp³-hybridized carbons (Fsp3) is 0.231. The van der Waals surface area contributed by atoms with Gasteiger partial charge in [0.05, 0.1) is 41.1 Å². The van der Waals surface area contributed by atoms with Gasteiger partial charge >= 0.3 is 0 Å². The molecule has 0 aliphatic heterocycles. The van der Waals surface area contributed by atoms with E-state index in [9.17, 15) is 8.42 Å². The van der Waals surface area contributed by atoms with Crippen LogP contribution in [0.3, 0.4) is 0 Å². The normalized spacial score (nSPS) is 15.6. The second-order valence-corrected chi connectivity index (χ2v) is 10.00. The van der Waals surface area contributed by atoms with E-state index >= 15 is 0 Å². The highest BCUT2D eigenvalue weighted by molar-refractivity contribution is 7.96. The van der Waals surface area contributed by atoms with Crippen LogP contribution >= 0.6 is 0 Å². The zero-order valence-electron chi connectivity index (χ0n) is 19.2. The van der Waals surface area contributed by atoms with E-state index in [1.807, 2.05) is 35.9 Å². The number of aromatic nitrogens is 3. The van der Waals surface area contributed by atoms with Crippen molar-refractivity contribution in [1.82, 2.24) is 14.5 Å². The summed E-state index contributed by atoms with van der Waals surface area (Å²) in [5.41, 5.74) is 5.70. The minimum atomic E-state index is -3.84. The number of pyridine rings is 1. The second kappa shape index (κ2) is 8.95. The molecule has 0 saturated heterocycles. The summed E-state index contributed by atoms with van der Waals surface area (Å²) in [6, 6.07) is 9.21. The van der Waals surface area contributed by atoms with Crippen molar-refractivity contribution in [3.8, 4) is 11.4 Å². The average molecular weight is 475 g/mol. The van der Waals surface area contributed by atoms with Crippen LogP contribution in [0.4, 0.5) is 5.69 Å². The first kappa shape index (κ1) is 22.2. The maximum Gasteiger partial charge on any atom is 0.262 e. The number of methoxy groups -OCH3 is 1. The summed E-state index contributed by atoms with van der Waals surface area (Å²) in [5.74, 6) is 0.541. The van der Waals surface area contributed by atoms with Crippen LogP contribution in [0.15, 0.2) is 77.8 Å². The first-order valence-corrected chi connectivity index (χ1v) is 12.7. The van der Waals surface area contributed by atoms with Crippen LogP contribution in [0.25, 0.3) is 11.3 Å². The summed E-state index contributed by atoms with van der Waals surface area (Å²) in [6.45, 7) is 1.91. The van der Waals surface area contributed by atoms with Crippen LogP contribution in [0, 0.1) is 6.92 Å². The van der Waals surface area contributed by atoms with Gasteiger partial charge in [-0.3, -0.25) is 9.71 Å². The van der Waals surface area contributed by atoms with Gasteiger partial charge in [0.25, 0.3) is 10.0 Å². The van der Waals surface area contributed by atoms with Gasteiger partial charge in [-0.25, -0.2) is 13.4 Å². The molecule has 1 N–H and O–H groups in total. The molecule has 7 nitrogen and oxygen atoms in total. The molecular formula is C26H26N4O3S. The summed E-state index contributed by atoms with van der Waals surface area (Å²) in [5, 5.41) is 0. The number of sulfonamides is 1. The standard InChI is InChI=1S/C26H26N4O3S/c1-18-16-30(17-28-18)23-13-12-20(15-24(23)33-2)29-34(31,32)25-11-4-3-9-21(25)22-10-5-7-19-8-6-14-27-26(19)22/h6,8-17,29H,3-5,7H2,1-2H3. The summed E-state index contributed by atoms with van der Waals surface area (Å²) in [4.78, 5) is 9.10. The Balaban J connectivity index is 1.46. The Morgan fingerprint density at radius 3 is 2.65 bits per heavy atom. The number of imidazole rings is 1. The molecule has 0 bridgehead atoms. The number of benzene rings is 1. The van der Waals surface area contributed by atoms with Gasteiger partial charge in [0, 0.05) is 24.0 Å². The summed E-state index contributed by atoms with van der Waals surface area (Å²) < 4.78 is 37.2. The molecule has 0 fully saturated rings. The van der Waals surface area contributed by atoms with E-state index in [0.29, 0.717) is 17.9 Å². The fourth-order valence-corrected chi connectivity index (χ4v) is 5.82. The van der Waals surface area contributed by atoms with Crippen LogP contribution in [0.1, 0.15) is 36.2 Å². The Kier molecular flexibility index (Phi) is 5.83. The van der Waals surface area contributed by atoms with Crippen molar-refractivity contribution >= 4 is 21.3 Å². The molecule has 0 spiro atoms. The molecule has 2 aromatic heterocycles. The lowest BCUT2D eigenvalue weighted by molar-refractivity contribution is 0.413. The molecule has 174 valence electrons. The predicted octanol–water partition coefficient (Wildman–Crippen LogP) is 4.96. The molecule has 0 saturated carbocycles. The lowest BCUT2D eigenvalue weighted by Crippen LogP contribution is -2.19. The topological polar surface area (TPSA) is 86.1 Å². The number of fused-ring (bicyclic) bond motifs is 1. The molecule has 34 heavy (non-hydrogen) atoms. The number of hydrogen-bond acceptors (Lipinski definition) is 5. The Labute approximate surface area is 199 Å². The van der Waals surface area contributed by atoms with Gasteiger partial charge in [-0.2, -0.15) is 0 Å². The van der Waals surface area contributed by atoms with E-state index in [1.165, 1.54) is 0 Å². The first-order valence-electron chi connectivity index (χ1n) is 11.2. The van der Waals surface area contributed by atoms with E-state index < -0.39 is 10.0 Å². The van der Waals surface area contributed by atoms with Crippen molar-refractivity contribution < 1.29 is 13.2 Å². The third-order valence-corrected chi connectivity index (χ3v) is 7.49. The van der Waals surface area contributed by atoms with E-state index in [-0.39, 0.29) is 4.91 Å². The Morgan fingerprint density at radius 2 is 1.85 bits per heavy atom. The minimum Gasteiger partial charge on any atom is -0.494 e. The van der Waals surface area contributed by atoms with E-state index in [4.69, 9.17) is 4.74 Å². The molecule has 3 aromatic rings. The number of anilines is 1. The average Bonchev–Trinajstić information content (AvgIpc) is 3.29. The summed E-state index contributed by atoms with van der Waals surface area (Å²) >= 11 is 0. The molecule has 1 aromatic carbocycles. The van der Waals surface area contributed by atoms with Crippen LogP contribution in [0.5, 0.6) is 5.75 Å². The van der Waals surface area contributed by atoms with Crippen molar-refractivity contribution in [3.05, 3.63) is 94.7 Å². The van der Waals surface area contributed by atoms with Gasteiger partial charge in [0.1, 0.15) is 5.75 Å². The molecule has 0 unspecified atom stereocenters. The lowest BCUT2D eigenvalue weighted by Gasteiger charge is -2.23. The molecular weight excluding hydrogens is 448 g/mol. The van der Waals surface area contributed by atoms with Crippen LogP contribution in [-0.4, -0.2) is 30.1 Å². The van der Waals surface area contributed by atoms with Gasteiger partial charge in [0.2, 0.25) is 0 Å². The first-order chi connectivity index (χ1) is 16.5. The van der Waals surface area contributed by atoms with Crippen molar-refractivity contribution in [2.45, 2.75) is 32.6 Å². The smallest absolute Gasteiger partial charge is 0.262 e. The molecule has 0 atom stereocenters. The predicted molar refractivity (Wildman–Crippen MR) is 133 cm³/mol. The third kappa shape index (κ3) is 4.17. The van der Waals surface area contributed by atoms with E-state index in [1.54, 1.807) is 37.8 Å². The maximum absolute atomic E-state index is 13.6. The highest BCUT2D eigenvalue weighted by atomic mass is 32.2. The number of nitrogens with zero attached hydrogens (tertiary/aromatic N) is 3. The third-order valence-electron chi connectivity index (χ3n) is 6.02. The largest absolute Gasteiger partial charge is 0.494 e. The van der Waals surface area contributed by atoms with Crippen molar-refractivity contribution in [2.24, 2.45) is 0 Å². The molecule has 2 heterocycles. The summed E-state index contributed by atoms with van der Waals surface area (Å²) in [6.07, 6.45) is 14.5. The van der Waals surface area contributed by atoms with Crippen LogP contribution in [-0.2, 0) is 16.4 Å². The minimum absolute atomic E-state index is 0.289.